The third-order valence-electron chi connectivity index (χ3n) is 6.63. The van der Waals surface area contributed by atoms with Gasteiger partial charge >= 0.3 is 12.1 Å². The molecule has 2 saturated heterocycles. The van der Waals surface area contributed by atoms with Gasteiger partial charge in [-0.25, -0.2) is 4.79 Å². The van der Waals surface area contributed by atoms with E-state index in [9.17, 15) is 24.9 Å². The number of aliphatic hydroxyl groups is 3. The van der Waals surface area contributed by atoms with Gasteiger partial charge in [-0.2, -0.15) is 0 Å². The summed E-state index contributed by atoms with van der Waals surface area (Å²) in [7, 11) is 0. The number of likely N-dealkylation sites (tertiary alicyclic amines) is 1. The first kappa shape index (κ1) is 23.2. The molecule has 7 unspecified atom stereocenters. The molecule has 0 aromatic rings. The monoisotopic (exact) mass is 431 g/mol. The Labute approximate surface area is 175 Å². The second-order valence-corrected chi connectivity index (χ2v) is 8.57. The van der Waals surface area contributed by atoms with E-state index in [2.05, 4.69) is 0 Å². The number of hydrogen-bond acceptors (Lipinski definition) is 8. The molecule has 1 saturated carbocycles. The van der Waals surface area contributed by atoms with E-state index in [-0.39, 0.29) is 12.5 Å². The van der Waals surface area contributed by atoms with E-state index in [0.717, 1.165) is 12.8 Å². The zero-order valence-corrected chi connectivity index (χ0v) is 17.3. The highest BCUT2D eigenvalue weighted by Gasteiger charge is 2.44. The predicted molar refractivity (Wildman–Crippen MR) is 102 cm³/mol. The van der Waals surface area contributed by atoms with E-state index in [4.69, 9.17) is 19.3 Å². The molecule has 2 heterocycles. The van der Waals surface area contributed by atoms with E-state index in [1.165, 1.54) is 4.90 Å². The normalized spacial score (nSPS) is 38.3. The van der Waals surface area contributed by atoms with Crippen LogP contribution in [0.1, 0.15) is 45.4 Å². The van der Waals surface area contributed by atoms with Crippen molar-refractivity contribution < 1.29 is 44.2 Å². The van der Waals surface area contributed by atoms with E-state index in [0.29, 0.717) is 38.8 Å². The number of nitrogens with zero attached hydrogens (tertiary/aromatic N) is 1. The minimum Gasteiger partial charge on any atom is -0.481 e. The molecule has 2 aliphatic heterocycles. The Hall–Kier alpha value is -1.46. The maximum absolute atomic E-state index is 12.6. The van der Waals surface area contributed by atoms with Gasteiger partial charge in [-0.3, -0.25) is 4.79 Å². The molecule has 4 N–H and O–H groups in total. The molecule has 0 bridgehead atoms. The highest BCUT2D eigenvalue weighted by Crippen LogP contribution is 2.34. The smallest absolute Gasteiger partial charge is 0.410 e. The first-order valence-corrected chi connectivity index (χ1v) is 10.8. The van der Waals surface area contributed by atoms with Gasteiger partial charge in [0.2, 0.25) is 0 Å². The summed E-state index contributed by atoms with van der Waals surface area (Å²) in [6.07, 6.45) is -0.954. The molecule has 3 fully saturated rings. The lowest BCUT2D eigenvalue weighted by Crippen LogP contribution is -2.54. The van der Waals surface area contributed by atoms with Gasteiger partial charge in [-0.1, -0.05) is 13.3 Å². The van der Waals surface area contributed by atoms with Crippen LogP contribution in [-0.2, 0) is 19.0 Å². The SMILES string of the molecule is CC1C(OC2CCCCC2OC(=O)N2CCC(C(=O)O)CC2)OC(O)C(O)C1CO. The van der Waals surface area contributed by atoms with Gasteiger partial charge in [0.1, 0.15) is 12.2 Å². The Morgan fingerprint density at radius 2 is 1.70 bits per heavy atom. The number of piperidine rings is 1. The predicted octanol–water partition coefficient (Wildman–Crippen LogP) is 0.528. The maximum Gasteiger partial charge on any atom is 0.410 e. The number of carboxylic acids is 1. The fraction of sp³-hybridized carbons (Fsp3) is 0.900. The van der Waals surface area contributed by atoms with Gasteiger partial charge in [0.05, 0.1) is 12.0 Å². The summed E-state index contributed by atoms with van der Waals surface area (Å²) in [5, 5.41) is 38.6. The van der Waals surface area contributed by atoms with E-state index >= 15 is 0 Å². The lowest BCUT2D eigenvalue weighted by atomic mass is 9.86. The van der Waals surface area contributed by atoms with E-state index < -0.39 is 54.8 Å². The Morgan fingerprint density at radius 1 is 1.07 bits per heavy atom. The van der Waals surface area contributed by atoms with Crippen LogP contribution in [0.3, 0.4) is 0 Å². The fourth-order valence-corrected chi connectivity index (χ4v) is 4.54. The van der Waals surface area contributed by atoms with Gasteiger partial charge in [-0.15, -0.1) is 0 Å². The van der Waals surface area contributed by atoms with Gasteiger partial charge in [0, 0.05) is 31.5 Å². The van der Waals surface area contributed by atoms with Gasteiger partial charge < -0.3 is 39.5 Å². The van der Waals surface area contributed by atoms with E-state index in [1.807, 2.05) is 0 Å². The zero-order chi connectivity index (χ0) is 21.8. The number of hydrogen-bond donors (Lipinski definition) is 4. The number of carbonyl (C=O) groups is 2. The largest absolute Gasteiger partial charge is 0.481 e. The number of carboxylic acid groups (broad SMARTS) is 1. The average Bonchev–Trinajstić information content (AvgIpc) is 2.73. The molecular weight excluding hydrogens is 398 g/mol. The molecule has 0 spiro atoms. The van der Waals surface area contributed by atoms with Crippen molar-refractivity contribution in [1.29, 1.82) is 0 Å². The minimum atomic E-state index is -1.46. The van der Waals surface area contributed by atoms with Crippen molar-refractivity contribution in [1.82, 2.24) is 4.90 Å². The molecular formula is C20H33NO9. The molecule has 0 aromatic heterocycles. The molecule has 0 aromatic carbocycles. The fourth-order valence-electron chi connectivity index (χ4n) is 4.54. The second kappa shape index (κ2) is 10.2. The van der Waals surface area contributed by atoms with Crippen molar-refractivity contribution >= 4 is 12.1 Å². The summed E-state index contributed by atoms with van der Waals surface area (Å²) in [4.78, 5) is 25.2. The summed E-state index contributed by atoms with van der Waals surface area (Å²) in [5.74, 6) is -2.20. The Balaban J connectivity index is 1.57. The van der Waals surface area contributed by atoms with Crippen LogP contribution in [0.25, 0.3) is 0 Å². The quantitative estimate of drug-likeness (QED) is 0.489. The van der Waals surface area contributed by atoms with Crippen LogP contribution in [0.15, 0.2) is 0 Å². The second-order valence-electron chi connectivity index (χ2n) is 8.57. The Morgan fingerprint density at radius 3 is 2.30 bits per heavy atom. The first-order chi connectivity index (χ1) is 14.3. The summed E-state index contributed by atoms with van der Waals surface area (Å²) in [6.45, 7) is 2.16. The van der Waals surface area contributed by atoms with Crippen LogP contribution < -0.4 is 0 Å². The number of rotatable bonds is 5. The van der Waals surface area contributed by atoms with Crippen LogP contribution in [0.4, 0.5) is 4.79 Å². The first-order valence-electron chi connectivity index (χ1n) is 10.8. The number of aliphatic carboxylic acids is 1. The summed E-state index contributed by atoms with van der Waals surface area (Å²) < 4.78 is 17.2. The summed E-state index contributed by atoms with van der Waals surface area (Å²) >= 11 is 0. The number of ether oxygens (including phenoxy) is 3. The number of amides is 1. The van der Waals surface area contributed by atoms with Crippen molar-refractivity contribution in [2.75, 3.05) is 19.7 Å². The molecule has 10 nitrogen and oxygen atoms in total. The van der Waals surface area contributed by atoms with E-state index in [1.54, 1.807) is 6.92 Å². The molecule has 1 aliphatic carbocycles. The van der Waals surface area contributed by atoms with Crippen molar-refractivity contribution in [2.45, 2.75) is 76.3 Å². The number of carbonyl (C=O) groups excluding carboxylic acids is 1. The van der Waals surface area contributed by atoms with Gasteiger partial charge in [-0.05, 0) is 32.1 Å². The van der Waals surface area contributed by atoms with Crippen molar-refractivity contribution in [3.63, 3.8) is 0 Å². The number of aliphatic hydroxyl groups excluding tert-OH is 3. The average molecular weight is 431 g/mol. The molecule has 30 heavy (non-hydrogen) atoms. The molecule has 172 valence electrons. The van der Waals surface area contributed by atoms with Crippen LogP contribution in [0.2, 0.25) is 0 Å². The maximum atomic E-state index is 12.6. The van der Waals surface area contributed by atoms with Gasteiger partial charge in [0.25, 0.3) is 0 Å². The van der Waals surface area contributed by atoms with Crippen molar-refractivity contribution in [2.24, 2.45) is 17.8 Å². The minimum absolute atomic E-state index is 0.308. The molecule has 7 atom stereocenters. The molecule has 10 heteroatoms. The third kappa shape index (κ3) is 5.23. The molecule has 1 amide bonds. The Kier molecular flexibility index (Phi) is 7.92. The highest BCUT2D eigenvalue weighted by atomic mass is 16.7. The molecule has 3 rings (SSSR count). The highest BCUT2D eigenvalue weighted by molar-refractivity contribution is 5.71. The summed E-state index contributed by atoms with van der Waals surface area (Å²) in [5.41, 5.74) is 0. The van der Waals surface area contributed by atoms with Crippen LogP contribution >= 0.6 is 0 Å². The lowest BCUT2D eigenvalue weighted by Gasteiger charge is -2.43. The topological polar surface area (TPSA) is 146 Å². The van der Waals surface area contributed by atoms with Crippen LogP contribution in [-0.4, -0.2) is 88.0 Å². The van der Waals surface area contributed by atoms with Gasteiger partial charge in [0.15, 0.2) is 12.6 Å². The van der Waals surface area contributed by atoms with Crippen molar-refractivity contribution in [3.8, 4) is 0 Å². The summed E-state index contributed by atoms with van der Waals surface area (Å²) in [6, 6.07) is 0. The van der Waals surface area contributed by atoms with Crippen LogP contribution in [0.5, 0.6) is 0 Å². The zero-order valence-electron chi connectivity index (χ0n) is 17.3. The standard InChI is InChI=1S/C20H33NO9/c1-11-13(10-22)16(23)18(26)30-19(11)28-14-4-2-3-5-15(14)29-20(27)21-8-6-12(7-9-21)17(24)25/h11-16,18-19,22-23,26H,2-10H2,1H3,(H,24,25). The lowest BCUT2D eigenvalue weighted by molar-refractivity contribution is -0.335. The molecule has 3 aliphatic rings. The van der Waals surface area contributed by atoms with Crippen LogP contribution in [0, 0.1) is 17.8 Å². The Bertz CT molecular complexity index is 595. The van der Waals surface area contributed by atoms with Crippen molar-refractivity contribution in [3.05, 3.63) is 0 Å². The molecule has 0 radical (unpaired) electrons. The third-order valence-corrected chi connectivity index (χ3v) is 6.63.